The highest BCUT2D eigenvalue weighted by molar-refractivity contribution is 5.92. The maximum absolute atomic E-state index is 11.5. The molecule has 0 aliphatic carbocycles. The summed E-state index contributed by atoms with van der Waals surface area (Å²) in [6.45, 7) is 1.33. The average molecular weight is 343 g/mol. The number of rotatable bonds is 5. The molecule has 0 aliphatic heterocycles. The molecule has 2 aromatic rings. The second kappa shape index (κ2) is 8.39. The van der Waals surface area contributed by atoms with Gasteiger partial charge in [0.2, 0.25) is 5.91 Å². The van der Waals surface area contributed by atoms with Crippen molar-refractivity contribution < 1.29 is 19.1 Å². The van der Waals surface area contributed by atoms with Crippen LogP contribution in [0.3, 0.4) is 0 Å². The van der Waals surface area contributed by atoms with Crippen LogP contribution in [-0.2, 0) is 9.53 Å². The van der Waals surface area contributed by atoms with E-state index in [9.17, 15) is 9.59 Å². The molecule has 2 amide bonds. The van der Waals surface area contributed by atoms with Crippen LogP contribution in [0.4, 0.5) is 27.8 Å². The van der Waals surface area contributed by atoms with Gasteiger partial charge in [0.15, 0.2) is 17.4 Å². The first-order valence-electron chi connectivity index (χ1n) is 7.22. The Morgan fingerprint density at radius 2 is 1.76 bits per heavy atom. The summed E-state index contributed by atoms with van der Waals surface area (Å²) < 4.78 is 9.77. The molecule has 130 valence electrons. The maximum atomic E-state index is 11.5. The van der Waals surface area contributed by atoms with E-state index in [1.54, 1.807) is 12.1 Å². The smallest absolute Gasteiger partial charge is 0.412 e. The van der Waals surface area contributed by atoms with Crippen molar-refractivity contribution in [3.63, 3.8) is 0 Å². The largest absolute Gasteiger partial charge is 0.493 e. The molecule has 0 spiro atoms. The van der Waals surface area contributed by atoms with E-state index < -0.39 is 6.09 Å². The van der Waals surface area contributed by atoms with Gasteiger partial charge in [-0.15, -0.1) is 5.11 Å². The molecule has 0 unspecified atom stereocenters. The molecular weight excluding hydrogens is 326 g/mol. The third kappa shape index (κ3) is 4.99. The lowest BCUT2D eigenvalue weighted by molar-refractivity contribution is -0.114. The number of anilines is 2. The Bertz CT molecular complexity index is 793. The van der Waals surface area contributed by atoms with Crippen molar-refractivity contribution in [3.05, 3.63) is 36.4 Å². The van der Waals surface area contributed by atoms with Crippen LogP contribution in [0.25, 0.3) is 0 Å². The van der Waals surface area contributed by atoms with Gasteiger partial charge < -0.3 is 14.8 Å². The van der Waals surface area contributed by atoms with Gasteiger partial charge in [-0.2, -0.15) is 5.11 Å². The molecule has 9 heteroatoms. The van der Waals surface area contributed by atoms with E-state index in [0.29, 0.717) is 5.69 Å². The van der Waals surface area contributed by atoms with Crippen LogP contribution in [-0.4, -0.2) is 31.2 Å². The van der Waals surface area contributed by atoms with Crippen LogP contribution in [0, 0.1) is 0 Å². The van der Waals surface area contributed by atoms with Crippen LogP contribution in [0.1, 0.15) is 6.92 Å². The van der Waals surface area contributed by atoms with Crippen molar-refractivity contribution in [2.75, 3.05) is 24.9 Å². The van der Waals surface area contributed by atoms with Crippen LogP contribution >= 0.6 is 0 Å². The van der Waals surface area contributed by atoms with Crippen LogP contribution < -0.4 is 15.4 Å². The van der Waals surface area contributed by atoms with Gasteiger partial charge in [-0.3, -0.25) is 10.1 Å². The number of pyridine rings is 1. The first kappa shape index (κ1) is 17.9. The van der Waals surface area contributed by atoms with Gasteiger partial charge in [0.25, 0.3) is 0 Å². The summed E-state index contributed by atoms with van der Waals surface area (Å²) in [6, 6.07) is 10.5. The van der Waals surface area contributed by atoms with Gasteiger partial charge in [0.05, 0.1) is 19.9 Å². The van der Waals surface area contributed by atoms with E-state index >= 15 is 0 Å². The zero-order valence-electron chi connectivity index (χ0n) is 13.9. The monoisotopic (exact) mass is 343 g/mol. The number of nitrogens with one attached hydrogen (secondary N) is 2. The van der Waals surface area contributed by atoms with Crippen molar-refractivity contribution >= 4 is 35.0 Å². The molecule has 0 bridgehead atoms. The number of hydrogen-bond acceptors (Lipinski definition) is 7. The maximum Gasteiger partial charge on any atom is 0.412 e. The molecule has 9 nitrogen and oxygen atoms in total. The van der Waals surface area contributed by atoms with Crippen molar-refractivity contribution in [1.29, 1.82) is 0 Å². The lowest BCUT2D eigenvalue weighted by Gasteiger charge is -2.12. The summed E-state index contributed by atoms with van der Waals surface area (Å²) in [4.78, 5) is 27.0. The minimum Gasteiger partial charge on any atom is -0.493 e. The van der Waals surface area contributed by atoms with Gasteiger partial charge in [-0.05, 0) is 12.1 Å². The second-order valence-electron chi connectivity index (χ2n) is 4.74. The van der Waals surface area contributed by atoms with Crippen molar-refractivity contribution in [3.8, 4) is 5.75 Å². The Hall–Kier alpha value is -3.49. The highest BCUT2D eigenvalue weighted by Crippen LogP contribution is 2.34. The van der Waals surface area contributed by atoms with Crippen molar-refractivity contribution in [2.45, 2.75) is 6.92 Å². The molecule has 0 radical (unpaired) electrons. The molecule has 0 fully saturated rings. The average Bonchev–Trinajstić information content (AvgIpc) is 2.61. The predicted molar refractivity (Wildman–Crippen MR) is 91.7 cm³/mol. The van der Waals surface area contributed by atoms with Crippen LogP contribution in [0.15, 0.2) is 46.6 Å². The Kier molecular flexibility index (Phi) is 5.99. The first-order chi connectivity index (χ1) is 12.0. The lowest BCUT2D eigenvalue weighted by Crippen LogP contribution is -2.14. The van der Waals surface area contributed by atoms with Gasteiger partial charge in [0.1, 0.15) is 5.69 Å². The van der Waals surface area contributed by atoms with E-state index in [1.807, 2.05) is 18.2 Å². The number of carbonyl (C=O) groups excluding carboxylic acids is 2. The zero-order valence-corrected chi connectivity index (χ0v) is 13.9. The number of benzene rings is 1. The van der Waals surface area contributed by atoms with E-state index in [0.717, 1.165) is 0 Å². The molecular formula is C16H17N5O4. The number of amides is 2. The van der Waals surface area contributed by atoms with Crippen molar-refractivity contribution in [1.82, 2.24) is 4.98 Å². The Labute approximate surface area is 144 Å². The quantitative estimate of drug-likeness (QED) is 0.804. The van der Waals surface area contributed by atoms with Gasteiger partial charge in [-0.1, -0.05) is 18.2 Å². The molecule has 2 rings (SSSR count). The fourth-order valence-corrected chi connectivity index (χ4v) is 1.82. The van der Waals surface area contributed by atoms with E-state index in [-0.39, 0.29) is 29.0 Å². The highest BCUT2D eigenvalue weighted by Gasteiger charge is 2.16. The number of hydrogen-bond donors (Lipinski definition) is 2. The van der Waals surface area contributed by atoms with E-state index in [4.69, 9.17) is 4.74 Å². The van der Waals surface area contributed by atoms with E-state index in [2.05, 4.69) is 30.6 Å². The molecule has 1 heterocycles. The molecule has 0 aliphatic rings. The number of azo groups is 1. The van der Waals surface area contributed by atoms with Gasteiger partial charge in [0, 0.05) is 13.0 Å². The first-order valence-corrected chi connectivity index (χ1v) is 7.22. The van der Waals surface area contributed by atoms with E-state index in [1.165, 1.54) is 27.2 Å². The molecule has 0 saturated carbocycles. The van der Waals surface area contributed by atoms with Gasteiger partial charge in [-0.25, -0.2) is 9.78 Å². The summed E-state index contributed by atoms with van der Waals surface area (Å²) in [5.41, 5.74) is 0.858. The fraction of sp³-hybridized carbons (Fsp3) is 0.188. The normalized spacial score (nSPS) is 10.4. The predicted octanol–water partition coefficient (Wildman–Crippen LogP) is 3.64. The number of nitrogens with zero attached hydrogens (tertiary/aromatic N) is 3. The number of aromatic nitrogens is 1. The summed E-state index contributed by atoms with van der Waals surface area (Å²) in [5, 5.41) is 13.1. The van der Waals surface area contributed by atoms with Crippen LogP contribution in [0.5, 0.6) is 5.75 Å². The number of ether oxygens (including phenoxy) is 2. The topological polar surface area (TPSA) is 114 Å². The van der Waals surface area contributed by atoms with Gasteiger partial charge >= 0.3 is 6.09 Å². The second-order valence-corrected chi connectivity index (χ2v) is 4.74. The molecule has 0 atom stereocenters. The summed E-state index contributed by atoms with van der Waals surface area (Å²) in [7, 11) is 2.65. The van der Waals surface area contributed by atoms with Crippen LogP contribution in [0.2, 0.25) is 0 Å². The third-order valence-electron chi connectivity index (χ3n) is 2.92. The minimum atomic E-state index is -0.734. The summed E-state index contributed by atoms with van der Waals surface area (Å²) in [6.07, 6.45) is -0.734. The molecule has 0 saturated heterocycles. The minimum absolute atomic E-state index is 0.0658. The highest BCUT2D eigenvalue weighted by atomic mass is 16.5. The van der Waals surface area contributed by atoms with Crippen molar-refractivity contribution in [2.24, 2.45) is 10.2 Å². The summed E-state index contributed by atoms with van der Waals surface area (Å²) in [5.74, 6) is 0.136. The molecule has 25 heavy (non-hydrogen) atoms. The molecule has 1 aromatic carbocycles. The third-order valence-corrected chi connectivity index (χ3v) is 2.92. The Morgan fingerprint density at radius 1 is 1.04 bits per heavy atom. The Balaban J connectivity index is 2.45. The SMILES string of the molecule is COC(=O)Nc1nc(NC(C)=O)c(OC)cc1/N=N/c1ccccc1. The standard InChI is InChI=1S/C16H17N5O4/c1-10(22)17-15-13(24-2)9-12(14(18-15)19-16(23)25-3)21-20-11-7-5-4-6-8-11/h4-9H,1-3H3,(H2,17,18,19,22,23)/b21-20+. The molecule has 2 N–H and O–H groups in total. The molecule has 1 aromatic heterocycles. The summed E-state index contributed by atoms with van der Waals surface area (Å²) >= 11 is 0. The number of carbonyl (C=O) groups is 2. The number of methoxy groups -OCH3 is 2. The zero-order chi connectivity index (χ0) is 18.2. The Morgan fingerprint density at radius 3 is 2.36 bits per heavy atom. The lowest BCUT2D eigenvalue weighted by atomic mass is 10.3. The fourth-order valence-electron chi connectivity index (χ4n) is 1.82.